The molecule has 4 aromatic rings. The molecule has 0 N–H and O–H groups in total. The van der Waals surface area contributed by atoms with Crippen molar-refractivity contribution in [3.63, 3.8) is 0 Å². The van der Waals surface area contributed by atoms with Crippen molar-refractivity contribution in [2.24, 2.45) is 5.92 Å². The average Bonchev–Trinajstić information content (AvgIpc) is 3.22. The van der Waals surface area contributed by atoms with Crippen molar-refractivity contribution in [3.8, 4) is 22.6 Å². The van der Waals surface area contributed by atoms with Crippen LogP contribution in [0.3, 0.4) is 0 Å². The fourth-order valence-corrected chi connectivity index (χ4v) is 4.66. The molecule has 0 spiro atoms. The average molecular weight is 510 g/mol. The molecule has 6 nitrogen and oxygen atoms in total. The van der Waals surface area contributed by atoms with Gasteiger partial charge in [-0.3, -0.25) is 9.20 Å². The van der Waals surface area contributed by atoms with Gasteiger partial charge in [0, 0.05) is 31.5 Å². The van der Waals surface area contributed by atoms with Crippen LogP contribution < -0.4 is 19.9 Å². The van der Waals surface area contributed by atoms with E-state index in [-0.39, 0.29) is 5.56 Å². The third-order valence-corrected chi connectivity index (χ3v) is 6.51. The molecule has 0 amide bonds. The van der Waals surface area contributed by atoms with E-state index in [9.17, 15) is 4.79 Å². The Morgan fingerprint density at radius 3 is 2.54 bits per heavy atom. The van der Waals surface area contributed by atoms with Crippen molar-refractivity contribution in [1.82, 2.24) is 9.38 Å². The molecule has 0 fully saturated rings. The lowest BCUT2D eigenvalue weighted by Gasteiger charge is -2.15. The number of methoxy groups -OCH3 is 1. The molecule has 182 valence electrons. The van der Waals surface area contributed by atoms with Crippen LogP contribution in [0.2, 0.25) is 4.34 Å². The van der Waals surface area contributed by atoms with Crippen LogP contribution in [0, 0.1) is 5.92 Å². The van der Waals surface area contributed by atoms with Crippen LogP contribution in [0.25, 0.3) is 28.2 Å². The molecule has 0 saturated heterocycles. The van der Waals surface area contributed by atoms with Crippen molar-refractivity contribution in [2.45, 2.75) is 13.8 Å². The zero-order valence-electron chi connectivity index (χ0n) is 20.4. The summed E-state index contributed by atoms with van der Waals surface area (Å²) in [6.07, 6.45) is 5.37. The number of thiazole rings is 1. The highest BCUT2D eigenvalue weighted by molar-refractivity contribution is 7.20. The number of benzene rings is 2. The Balaban J connectivity index is 1.85. The van der Waals surface area contributed by atoms with Crippen LogP contribution in [-0.2, 0) is 0 Å². The van der Waals surface area contributed by atoms with Gasteiger partial charge in [0.15, 0.2) is 16.5 Å². The zero-order chi connectivity index (χ0) is 25.1. The predicted molar refractivity (Wildman–Crippen MR) is 146 cm³/mol. The SMILES string of the molecule is COc1cccc(C=Cc2nc3sc(Cl)cn3c(=O)c2-c2ccc(N(C)C)cc2)c1OCC(C)C. The number of halogens is 1. The molecule has 0 aliphatic carbocycles. The molecule has 2 heterocycles. The van der Waals surface area contributed by atoms with E-state index < -0.39 is 0 Å². The lowest BCUT2D eigenvalue weighted by molar-refractivity contribution is 0.256. The minimum absolute atomic E-state index is 0.169. The lowest BCUT2D eigenvalue weighted by Crippen LogP contribution is -2.17. The van der Waals surface area contributed by atoms with E-state index in [1.165, 1.54) is 15.7 Å². The maximum atomic E-state index is 13.5. The molecule has 0 atom stereocenters. The summed E-state index contributed by atoms with van der Waals surface area (Å²) in [6, 6.07) is 13.6. The van der Waals surface area contributed by atoms with Crippen molar-refractivity contribution >= 4 is 45.7 Å². The zero-order valence-corrected chi connectivity index (χ0v) is 22.0. The van der Waals surface area contributed by atoms with E-state index in [1.54, 1.807) is 13.3 Å². The van der Waals surface area contributed by atoms with Gasteiger partial charge >= 0.3 is 0 Å². The lowest BCUT2D eigenvalue weighted by atomic mass is 10.0. The largest absolute Gasteiger partial charge is 0.493 e. The Kier molecular flexibility index (Phi) is 7.48. The van der Waals surface area contributed by atoms with Gasteiger partial charge in [-0.05, 0) is 41.8 Å². The van der Waals surface area contributed by atoms with Gasteiger partial charge in [0.05, 0.1) is 25.0 Å². The van der Waals surface area contributed by atoms with E-state index in [2.05, 4.69) is 13.8 Å². The molecule has 2 aromatic carbocycles. The Hall–Kier alpha value is -3.29. The van der Waals surface area contributed by atoms with E-state index in [0.29, 0.717) is 44.6 Å². The number of aromatic nitrogens is 2. The number of hydrogen-bond donors (Lipinski definition) is 0. The van der Waals surface area contributed by atoms with Gasteiger partial charge in [0.2, 0.25) is 0 Å². The van der Waals surface area contributed by atoms with Gasteiger partial charge in [-0.25, -0.2) is 4.98 Å². The molecule has 35 heavy (non-hydrogen) atoms. The maximum Gasteiger partial charge on any atom is 0.267 e. The molecule has 2 aromatic heterocycles. The second-order valence-corrected chi connectivity index (χ2v) is 10.4. The first kappa shape index (κ1) is 24.8. The monoisotopic (exact) mass is 509 g/mol. The summed E-state index contributed by atoms with van der Waals surface area (Å²) in [5, 5.41) is 0. The smallest absolute Gasteiger partial charge is 0.267 e. The summed E-state index contributed by atoms with van der Waals surface area (Å²) in [5.41, 5.74) is 3.56. The van der Waals surface area contributed by atoms with Crippen LogP contribution in [0.1, 0.15) is 25.1 Å². The van der Waals surface area contributed by atoms with Gasteiger partial charge in [0.25, 0.3) is 5.56 Å². The van der Waals surface area contributed by atoms with Crippen LogP contribution in [0.15, 0.2) is 53.5 Å². The summed E-state index contributed by atoms with van der Waals surface area (Å²) >= 11 is 7.48. The van der Waals surface area contributed by atoms with Gasteiger partial charge in [-0.2, -0.15) is 0 Å². The van der Waals surface area contributed by atoms with E-state index in [4.69, 9.17) is 26.1 Å². The van der Waals surface area contributed by atoms with Crippen LogP contribution >= 0.6 is 22.9 Å². The molecule has 4 rings (SSSR count). The number of ether oxygens (including phenoxy) is 2. The topological polar surface area (TPSA) is 56.1 Å². The van der Waals surface area contributed by atoms with E-state index in [0.717, 1.165) is 16.8 Å². The first-order valence-corrected chi connectivity index (χ1v) is 12.4. The summed E-state index contributed by atoms with van der Waals surface area (Å²) in [7, 11) is 5.58. The standard InChI is InChI=1S/C27H28ClN3O3S/c1-17(2)16-34-25-19(7-6-8-22(25)33-5)11-14-21-24(18-9-12-20(13-10-18)30(3)4)26(32)31-15-23(28)35-27(31)29-21/h6-15,17H,16H2,1-5H3. The highest BCUT2D eigenvalue weighted by Gasteiger charge is 2.16. The Labute approximate surface area is 214 Å². The number of para-hydroxylation sites is 1. The maximum absolute atomic E-state index is 13.5. The summed E-state index contributed by atoms with van der Waals surface area (Å²) < 4.78 is 13.6. The molecule has 0 bridgehead atoms. The second kappa shape index (κ2) is 10.5. The Morgan fingerprint density at radius 2 is 1.89 bits per heavy atom. The summed E-state index contributed by atoms with van der Waals surface area (Å²) in [6.45, 7) is 4.75. The fraction of sp³-hybridized carbons (Fsp3) is 0.259. The van der Waals surface area contributed by atoms with Crippen molar-refractivity contribution in [2.75, 3.05) is 32.7 Å². The molecule has 0 aliphatic heterocycles. The summed E-state index contributed by atoms with van der Waals surface area (Å²) in [4.78, 5) is 20.9. The first-order valence-electron chi connectivity index (χ1n) is 11.3. The van der Waals surface area contributed by atoms with Gasteiger partial charge in [0.1, 0.15) is 4.34 Å². The van der Waals surface area contributed by atoms with Crippen LogP contribution in [-0.4, -0.2) is 37.2 Å². The number of nitrogens with zero attached hydrogens (tertiary/aromatic N) is 3. The second-order valence-electron chi connectivity index (χ2n) is 8.72. The minimum Gasteiger partial charge on any atom is -0.493 e. The van der Waals surface area contributed by atoms with Crippen molar-refractivity contribution < 1.29 is 9.47 Å². The molecular weight excluding hydrogens is 482 g/mol. The van der Waals surface area contributed by atoms with E-state index >= 15 is 0 Å². The van der Waals surface area contributed by atoms with E-state index in [1.807, 2.05) is 73.6 Å². The number of hydrogen-bond acceptors (Lipinski definition) is 6. The minimum atomic E-state index is -0.169. The number of fused-ring (bicyclic) bond motifs is 1. The predicted octanol–water partition coefficient (Wildman–Crippen LogP) is 6.36. The van der Waals surface area contributed by atoms with Crippen LogP contribution in [0.4, 0.5) is 5.69 Å². The molecule has 0 unspecified atom stereocenters. The molecular formula is C27H28ClN3O3S. The Bertz CT molecular complexity index is 1420. The normalized spacial score (nSPS) is 11.5. The van der Waals surface area contributed by atoms with Gasteiger partial charge < -0.3 is 14.4 Å². The molecule has 0 saturated carbocycles. The fourth-order valence-electron chi connectivity index (χ4n) is 3.65. The number of rotatable bonds is 8. The van der Waals surface area contributed by atoms with Crippen molar-refractivity contribution in [3.05, 3.63) is 74.6 Å². The third kappa shape index (κ3) is 5.36. The Morgan fingerprint density at radius 1 is 1.14 bits per heavy atom. The quantitative estimate of drug-likeness (QED) is 0.277. The van der Waals surface area contributed by atoms with Gasteiger partial charge in [-0.1, -0.05) is 61.1 Å². The van der Waals surface area contributed by atoms with Crippen molar-refractivity contribution in [1.29, 1.82) is 0 Å². The first-order chi connectivity index (χ1) is 16.8. The highest BCUT2D eigenvalue weighted by Crippen LogP contribution is 2.34. The molecule has 0 aliphatic rings. The van der Waals surface area contributed by atoms with Crippen LogP contribution in [0.5, 0.6) is 11.5 Å². The number of anilines is 1. The molecule has 0 radical (unpaired) electrons. The highest BCUT2D eigenvalue weighted by atomic mass is 35.5. The third-order valence-electron chi connectivity index (χ3n) is 5.41. The molecule has 8 heteroatoms. The summed E-state index contributed by atoms with van der Waals surface area (Å²) in [5.74, 6) is 1.68. The van der Waals surface area contributed by atoms with Gasteiger partial charge in [-0.15, -0.1) is 0 Å².